The summed E-state index contributed by atoms with van der Waals surface area (Å²) in [5.74, 6) is 0. The first-order chi connectivity index (χ1) is 12.3. The molecule has 0 amide bonds. The normalized spacial score (nSPS) is 12.8. The molecular weight excluding hydrogens is 319 g/mol. The minimum atomic E-state index is 0.310. The Bertz CT molecular complexity index is 222. The van der Waals surface area contributed by atoms with Gasteiger partial charge in [-0.25, -0.2) is 0 Å². The molecule has 1 unspecified atom stereocenters. The molecule has 0 aromatic heterocycles. The van der Waals surface area contributed by atoms with Gasteiger partial charge in [0.05, 0.1) is 0 Å². The molecule has 0 N–H and O–H groups in total. The van der Waals surface area contributed by atoms with Crippen LogP contribution >= 0.6 is 7.92 Å². The summed E-state index contributed by atoms with van der Waals surface area (Å²) in [5, 5.41) is 0. The van der Waals surface area contributed by atoms with Crippen LogP contribution in [0.2, 0.25) is 0 Å². The molecule has 0 bridgehead atoms. The predicted molar refractivity (Wildman–Crippen MR) is 122 cm³/mol. The fourth-order valence-corrected chi connectivity index (χ4v) is 7.22. The maximum absolute atomic E-state index is 2.47. The van der Waals surface area contributed by atoms with Gasteiger partial charge in [-0.1, -0.05) is 111 Å². The average molecular weight is 371 g/mol. The van der Waals surface area contributed by atoms with E-state index >= 15 is 0 Å². The molecule has 0 saturated heterocycles. The lowest BCUT2D eigenvalue weighted by molar-refractivity contribution is 0.610. The average Bonchev–Trinajstić information content (AvgIpc) is 2.63. The van der Waals surface area contributed by atoms with Gasteiger partial charge in [0.2, 0.25) is 0 Å². The van der Waals surface area contributed by atoms with Crippen LogP contribution < -0.4 is 0 Å². The van der Waals surface area contributed by atoms with Gasteiger partial charge in [-0.2, -0.15) is 0 Å². The molecule has 0 radical (unpaired) electrons. The van der Waals surface area contributed by atoms with E-state index in [1.165, 1.54) is 109 Å². The Hall–Kier alpha value is 0.430. The van der Waals surface area contributed by atoms with E-state index in [1.54, 1.807) is 12.3 Å². The van der Waals surface area contributed by atoms with Crippen molar-refractivity contribution in [3.05, 3.63) is 0 Å². The van der Waals surface area contributed by atoms with Crippen molar-refractivity contribution in [2.24, 2.45) is 0 Å². The molecule has 0 saturated carbocycles. The highest BCUT2D eigenvalue weighted by molar-refractivity contribution is 7.58. The Kier molecular flexibility index (Phi) is 21.1. The van der Waals surface area contributed by atoms with Crippen LogP contribution in [0.15, 0.2) is 0 Å². The second-order valence-electron chi connectivity index (χ2n) is 8.13. The van der Waals surface area contributed by atoms with Gasteiger partial charge >= 0.3 is 0 Å². The van der Waals surface area contributed by atoms with E-state index in [0.717, 1.165) is 5.66 Å². The molecule has 0 aliphatic carbocycles. The van der Waals surface area contributed by atoms with Crippen molar-refractivity contribution in [3.63, 3.8) is 0 Å². The fraction of sp³-hybridized carbons (Fsp3) is 1.00. The monoisotopic (exact) mass is 370 g/mol. The third-order valence-electron chi connectivity index (χ3n) is 5.73. The molecule has 1 heteroatoms. The van der Waals surface area contributed by atoms with Crippen molar-refractivity contribution in [2.45, 2.75) is 143 Å². The van der Waals surface area contributed by atoms with Crippen LogP contribution in [0, 0.1) is 0 Å². The molecule has 0 fully saturated rings. The molecule has 0 aromatic rings. The fourth-order valence-electron chi connectivity index (χ4n) is 3.94. The summed E-state index contributed by atoms with van der Waals surface area (Å²) in [5.41, 5.74) is 1.08. The zero-order chi connectivity index (χ0) is 18.6. The Morgan fingerprint density at radius 3 is 1.32 bits per heavy atom. The van der Waals surface area contributed by atoms with Crippen LogP contribution in [-0.2, 0) is 0 Å². The molecule has 0 aliphatic heterocycles. The van der Waals surface area contributed by atoms with E-state index < -0.39 is 0 Å². The molecule has 152 valence electrons. The molecule has 0 aliphatic rings. The summed E-state index contributed by atoms with van der Waals surface area (Å²) in [6, 6.07) is 0. The minimum absolute atomic E-state index is 0.310. The van der Waals surface area contributed by atoms with Crippen LogP contribution in [-0.4, -0.2) is 18.0 Å². The number of hydrogen-bond acceptors (Lipinski definition) is 0. The predicted octanol–water partition coefficient (Wildman–Crippen LogP) is 9.55. The maximum atomic E-state index is 2.47. The van der Waals surface area contributed by atoms with Gasteiger partial charge in [-0.05, 0) is 43.7 Å². The topological polar surface area (TPSA) is 0 Å². The second-order valence-corrected chi connectivity index (χ2v) is 10.9. The maximum Gasteiger partial charge on any atom is -0.0212 e. The highest BCUT2D eigenvalue weighted by Gasteiger charge is 2.18. The van der Waals surface area contributed by atoms with Crippen molar-refractivity contribution in [1.82, 2.24) is 0 Å². The van der Waals surface area contributed by atoms with Crippen LogP contribution in [0.25, 0.3) is 0 Å². The SMILES string of the molecule is CCCCCCCCP(CCCCCCCC)C(CC)CCCCC. The summed E-state index contributed by atoms with van der Waals surface area (Å²) in [7, 11) is 0.310. The molecule has 0 heterocycles. The Labute approximate surface area is 163 Å². The highest BCUT2D eigenvalue weighted by Crippen LogP contribution is 2.47. The summed E-state index contributed by atoms with van der Waals surface area (Å²) in [6.07, 6.45) is 28.1. The van der Waals surface area contributed by atoms with E-state index in [0.29, 0.717) is 7.92 Å². The van der Waals surface area contributed by atoms with Crippen molar-refractivity contribution in [3.8, 4) is 0 Å². The first-order valence-corrected chi connectivity index (χ1v) is 13.8. The van der Waals surface area contributed by atoms with E-state index in [9.17, 15) is 0 Å². The molecule has 25 heavy (non-hydrogen) atoms. The lowest BCUT2D eigenvalue weighted by Gasteiger charge is -2.27. The number of rotatable bonds is 20. The van der Waals surface area contributed by atoms with Crippen molar-refractivity contribution in [2.75, 3.05) is 12.3 Å². The zero-order valence-electron chi connectivity index (χ0n) is 18.5. The van der Waals surface area contributed by atoms with E-state index in [-0.39, 0.29) is 0 Å². The van der Waals surface area contributed by atoms with Gasteiger partial charge in [-0.3, -0.25) is 0 Å². The van der Waals surface area contributed by atoms with Gasteiger partial charge < -0.3 is 0 Å². The van der Waals surface area contributed by atoms with Crippen LogP contribution in [0.1, 0.15) is 137 Å². The quantitative estimate of drug-likeness (QED) is 0.148. The summed E-state index contributed by atoms with van der Waals surface area (Å²) >= 11 is 0. The van der Waals surface area contributed by atoms with E-state index in [4.69, 9.17) is 0 Å². The highest BCUT2D eigenvalue weighted by atomic mass is 31.1. The van der Waals surface area contributed by atoms with Gasteiger partial charge in [-0.15, -0.1) is 7.92 Å². The van der Waals surface area contributed by atoms with Gasteiger partial charge in [0.1, 0.15) is 0 Å². The second kappa shape index (κ2) is 20.7. The van der Waals surface area contributed by atoms with Crippen LogP contribution in [0.3, 0.4) is 0 Å². The van der Waals surface area contributed by atoms with E-state index in [1.807, 2.05) is 0 Å². The molecule has 1 atom stereocenters. The summed E-state index contributed by atoms with van der Waals surface area (Å²) < 4.78 is 0. The lowest BCUT2D eigenvalue weighted by atomic mass is 10.1. The largest absolute Gasteiger partial charge is 0.104 e. The number of hydrogen-bond donors (Lipinski definition) is 0. The first-order valence-electron chi connectivity index (χ1n) is 12.0. The van der Waals surface area contributed by atoms with Crippen LogP contribution in [0.5, 0.6) is 0 Å². The Balaban J connectivity index is 4.13. The Morgan fingerprint density at radius 2 is 0.880 bits per heavy atom. The van der Waals surface area contributed by atoms with Crippen molar-refractivity contribution < 1.29 is 0 Å². The third kappa shape index (κ3) is 16.3. The third-order valence-corrected chi connectivity index (χ3v) is 9.16. The summed E-state index contributed by atoms with van der Waals surface area (Å²) in [4.78, 5) is 0. The standard InChI is InChI=1S/C24H51P/c1-5-9-12-14-16-19-22-25(23-20-17-15-13-10-6-2)24(8-4)21-18-11-7-3/h24H,5-23H2,1-4H3. The van der Waals surface area contributed by atoms with Gasteiger partial charge in [0, 0.05) is 0 Å². The van der Waals surface area contributed by atoms with E-state index in [2.05, 4.69) is 27.7 Å². The van der Waals surface area contributed by atoms with Crippen molar-refractivity contribution >= 4 is 7.92 Å². The van der Waals surface area contributed by atoms with Gasteiger partial charge in [0.25, 0.3) is 0 Å². The zero-order valence-corrected chi connectivity index (χ0v) is 19.4. The molecule has 0 spiro atoms. The lowest BCUT2D eigenvalue weighted by Crippen LogP contribution is -2.09. The van der Waals surface area contributed by atoms with Crippen molar-refractivity contribution in [1.29, 1.82) is 0 Å². The molecule has 0 aromatic carbocycles. The van der Waals surface area contributed by atoms with Crippen LogP contribution in [0.4, 0.5) is 0 Å². The Morgan fingerprint density at radius 1 is 0.480 bits per heavy atom. The summed E-state index contributed by atoms with van der Waals surface area (Å²) in [6.45, 7) is 9.45. The smallest absolute Gasteiger partial charge is 0.0212 e. The number of unbranched alkanes of at least 4 members (excludes halogenated alkanes) is 12. The minimum Gasteiger partial charge on any atom is -0.104 e. The molecule has 0 rings (SSSR count). The molecule has 0 nitrogen and oxygen atoms in total. The first kappa shape index (κ1) is 25.4. The molecular formula is C24H51P. The van der Waals surface area contributed by atoms with Gasteiger partial charge in [0.15, 0.2) is 0 Å².